The predicted octanol–water partition coefficient (Wildman–Crippen LogP) is 3.79. The highest BCUT2D eigenvalue weighted by Crippen LogP contribution is 2.25. The van der Waals surface area contributed by atoms with Crippen molar-refractivity contribution in [2.45, 2.75) is 26.7 Å². The van der Waals surface area contributed by atoms with Gasteiger partial charge in [-0.25, -0.2) is 0 Å². The van der Waals surface area contributed by atoms with Crippen molar-refractivity contribution in [1.29, 1.82) is 0 Å². The lowest BCUT2D eigenvalue weighted by Crippen LogP contribution is -2.24. The number of carbonyl (C=O) groups excluding carboxylic acids is 2. The molecule has 2 aromatic rings. The van der Waals surface area contributed by atoms with E-state index in [1.54, 1.807) is 31.4 Å². The van der Waals surface area contributed by atoms with Crippen molar-refractivity contribution in [2.24, 2.45) is 0 Å². The van der Waals surface area contributed by atoms with Crippen molar-refractivity contribution in [3.05, 3.63) is 59.2 Å². The topological polar surface area (TPSA) is 67.4 Å². The zero-order chi connectivity index (χ0) is 18.2. The van der Waals surface area contributed by atoms with Crippen LogP contribution in [0.25, 0.3) is 0 Å². The van der Waals surface area contributed by atoms with Crippen LogP contribution in [0.2, 0.25) is 0 Å². The van der Waals surface area contributed by atoms with Crippen LogP contribution in [0.4, 0.5) is 5.69 Å². The quantitative estimate of drug-likeness (QED) is 0.754. The van der Waals surface area contributed by atoms with Crippen molar-refractivity contribution in [2.75, 3.05) is 19.0 Å². The third-order valence-electron chi connectivity index (χ3n) is 3.83. The monoisotopic (exact) mass is 340 g/mol. The third kappa shape index (κ3) is 5.08. The molecule has 25 heavy (non-hydrogen) atoms. The predicted molar refractivity (Wildman–Crippen MR) is 99.4 cm³/mol. The minimum Gasteiger partial charge on any atom is -0.495 e. The van der Waals surface area contributed by atoms with Gasteiger partial charge >= 0.3 is 0 Å². The Labute approximate surface area is 148 Å². The number of methoxy groups -OCH3 is 1. The van der Waals surface area contributed by atoms with Gasteiger partial charge in [0.05, 0.1) is 12.8 Å². The fourth-order valence-electron chi connectivity index (χ4n) is 2.37. The molecule has 0 heterocycles. The summed E-state index contributed by atoms with van der Waals surface area (Å²) < 4.78 is 5.27. The van der Waals surface area contributed by atoms with Crippen molar-refractivity contribution in [3.8, 4) is 5.75 Å². The van der Waals surface area contributed by atoms with Crippen LogP contribution in [-0.2, 0) is 0 Å². The highest BCUT2D eigenvalue weighted by Gasteiger charge is 2.11. The molecule has 0 aliphatic rings. The van der Waals surface area contributed by atoms with Crippen LogP contribution in [0.1, 0.15) is 46.0 Å². The van der Waals surface area contributed by atoms with Gasteiger partial charge < -0.3 is 15.4 Å². The molecule has 5 nitrogen and oxygen atoms in total. The number of hydrogen-bond acceptors (Lipinski definition) is 3. The SMILES string of the molecule is CCCCNC(=O)c1ccc(C(=O)Nc2cc(C)ccc2OC)cc1. The highest BCUT2D eigenvalue weighted by molar-refractivity contribution is 6.05. The average Bonchev–Trinajstić information content (AvgIpc) is 2.62. The summed E-state index contributed by atoms with van der Waals surface area (Å²) in [5, 5.41) is 5.70. The number of unbranched alkanes of at least 4 members (excludes halogenated alkanes) is 1. The van der Waals surface area contributed by atoms with Crippen molar-refractivity contribution >= 4 is 17.5 Å². The summed E-state index contributed by atoms with van der Waals surface area (Å²) >= 11 is 0. The first kappa shape index (κ1) is 18.5. The van der Waals surface area contributed by atoms with E-state index in [9.17, 15) is 9.59 Å². The van der Waals surface area contributed by atoms with Gasteiger partial charge in [0, 0.05) is 17.7 Å². The van der Waals surface area contributed by atoms with E-state index >= 15 is 0 Å². The molecule has 0 aromatic heterocycles. The Morgan fingerprint density at radius 3 is 2.24 bits per heavy atom. The standard InChI is InChI=1S/C20H24N2O3/c1-4-5-12-21-19(23)15-7-9-16(10-8-15)20(24)22-17-13-14(2)6-11-18(17)25-3/h6-11,13H,4-5,12H2,1-3H3,(H,21,23)(H,22,24). The number of aryl methyl sites for hydroxylation is 1. The van der Waals surface area contributed by atoms with Gasteiger partial charge in [-0.2, -0.15) is 0 Å². The van der Waals surface area contributed by atoms with Gasteiger partial charge in [-0.05, 0) is 55.3 Å². The van der Waals surface area contributed by atoms with Gasteiger partial charge in [-0.15, -0.1) is 0 Å². The summed E-state index contributed by atoms with van der Waals surface area (Å²) in [6.07, 6.45) is 1.98. The molecule has 132 valence electrons. The van der Waals surface area contributed by atoms with Crippen LogP contribution in [0, 0.1) is 6.92 Å². The zero-order valence-corrected chi connectivity index (χ0v) is 14.9. The zero-order valence-electron chi connectivity index (χ0n) is 14.9. The summed E-state index contributed by atoms with van der Waals surface area (Å²) in [4.78, 5) is 24.4. The van der Waals surface area contributed by atoms with Crippen molar-refractivity contribution < 1.29 is 14.3 Å². The molecule has 0 atom stereocenters. The smallest absolute Gasteiger partial charge is 0.255 e. The van der Waals surface area contributed by atoms with E-state index < -0.39 is 0 Å². The molecule has 0 fully saturated rings. The molecule has 2 rings (SSSR count). The minimum absolute atomic E-state index is 0.124. The summed E-state index contributed by atoms with van der Waals surface area (Å²) in [7, 11) is 1.56. The van der Waals surface area contributed by atoms with Crippen LogP contribution in [0.5, 0.6) is 5.75 Å². The molecule has 0 aliphatic carbocycles. The fraction of sp³-hybridized carbons (Fsp3) is 0.300. The Morgan fingerprint density at radius 1 is 1.00 bits per heavy atom. The lowest BCUT2D eigenvalue weighted by atomic mass is 10.1. The number of ether oxygens (including phenoxy) is 1. The van der Waals surface area contributed by atoms with Crippen LogP contribution in [0.3, 0.4) is 0 Å². The van der Waals surface area contributed by atoms with Crippen molar-refractivity contribution in [1.82, 2.24) is 5.32 Å². The van der Waals surface area contributed by atoms with E-state index in [0.29, 0.717) is 29.1 Å². The van der Waals surface area contributed by atoms with E-state index in [-0.39, 0.29) is 11.8 Å². The molecular formula is C20H24N2O3. The fourth-order valence-corrected chi connectivity index (χ4v) is 2.37. The van der Waals surface area contributed by atoms with Gasteiger partial charge in [0.15, 0.2) is 0 Å². The molecule has 0 bridgehead atoms. The van der Waals surface area contributed by atoms with Crippen LogP contribution >= 0.6 is 0 Å². The van der Waals surface area contributed by atoms with Crippen LogP contribution in [-0.4, -0.2) is 25.5 Å². The molecule has 0 aliphatic heterocycles. The minimum atomic E-state index is -0.248. The third-order valence-corrected chi connectivity index (χ3v) is 3.83. The van der Waals surface area contributed by atoms with E-state index in [2.05, 4.69) is 17.6 Å². The Morgan fingerprint density at radius 2 is 1.64 bits per heavy atom. The first-order chi connectivity index (χ1) is 12.0. The van der Waals surface area contributed by atoms with Crippen LogP contribution < -0.4 is 15.4 Å². The first-order valence-electron chi connectivity index (χ1n) is 8.39. The van der Waals surface area contributed by atoms with Gasteiger partial charge in [0.1, 0.15) is 5.75 Å². The number of hydrogen-bond donors (Lipinski definition) is 2. The van der Waals surface area contributed by atoms with Crippen LogP contribution in [0.15, 0.2) is 42.5 Å². The number of carbonyl (C=O) groups is 2. The molecule has 0 saturated heterocycles. The molecule has 0 saturated carbocycles. The number of rotatable bonds is 7. The lowest BCUT2D eigenvalue weighted by Gasteiger charge is -2.11. The summed E-state index contributed by atoms with van der Waals surface area (Å²) in [6, 6.07) is 12.2. The second-order valence-corrected chi connectivity index (χ2v) is 5.84. The molecule has 0 radical (unpaired) electrons. The molecule has 0 spiro atoms. The Hall–Kier alpha value is -2.82. The maximum absolute atomic E-state index is 12.4. The number of anilines is 1. The van der Waals surface area contributed by atoms with E-state index in [4.69, 9.17) is 4.74 Å². The van der Waals surface area contributed by atoms with E-state index in [1.165, 1.54) is 0 Å². The lowest BCUT2D eigenvalue weighted by molar-refractivity contribution is 0.0951. The normalized spacial score (nSPS) is 10.2. The van der Waals surface area contributed by atoms with E-state index in [0.717, 1.165) is 18.4 Å². The first-order valence-corrected chi connectivity index (χ1v) is 8.39. The molecule has 5 heteroatoms. The molecule has 2 aromatic carbocycles. The molecule has 2 amide bonds. The Balaban J connectivity index is 2.05. The summed E-state index contributed by atoms with van der Waals surface area (Å²) in [5.74, 6) is 0.230. The average molecular weight is 340 g/mol. The molecular weight excluding hydrogens is 316 g/mol. The second-order valence-electron chi connectivity index (χ2n) is 5.84. The summed E-state index contributed by atoms with van der Waals surface area (Å²) in [5.41, 5.74) is 2.67. The van der Waals surface area contributed by atoms with Crippen molar-refractivity contribution in [3.63, 3.8) is 0 Å². The Kier molecular flexibility index (Phi) is 6.57. The summed E-state index contributed by atoms with van der Waals surface area (Å²) in [6.45, 7) is 4.68. The van der Waals surface area contributed by atoms with Gasteiger partial charge in [0.25, 0.3) is 11.8 Å². The molecule has 2 N–H and O–H groups in total. The van der Waals surface area contributed by atoms with Gasteiger partial charge in [-0.1, -0.05) is 19.4 Å². The number of benzene rings is 2. The number of amides is 2. The van der Waals surface area contributed by atoms with Gasteiger partial charge in [0.2, 0.25) is 0 Å². The second kappa shape index (κ2) is 8.87. The maximum atomic E-state index is 12.4. The largest absolute Gasteiger partial charge is 0.495 e. The maximum Gasteiger partial charge on any atom is 0.255 e. The Bertz CT molecular complexity index is 739. The number of nitrogens with one attached hydrogen (secondary N) is 2. The highest BCUT2D eigenvalue weighted by atomic mass is 16.5. The van der Waals surface area contributed by atoms with Gasteiger partial charge in [-0.3, -0.25) is 9.59 Å². The van der Waals surface area contributed by atoms with E-state index in [1.807, 2.05) is 25.1 Å². The molecule has 0 unspecified atom stereocenters.